The second kappa shape index (κ2) is 5.50. The minimum Gasteiger partial charge on any atom is -0.398 e. The fourth-order valence-electron chi connectivity index (χ4n) is 1.87. The monoisotopic (exact) mass is 294 g/mol. The van der Waals surface area contributed by atoms with Gasteiger partial charge in [-0.25, -0.2) is 12.8 Å². The molecule has 6 heteroatoms. The number of sulfonamides is 1. The number of nitrogen functional groups attached to an aromatic ring is 1. The summed E-state index contributed by atoms with van der Waals surface area (Å²) in [7, 11) is -4.05. The highest BCUT2D eigenvalue weighted by Gasteiger charge is 2.22. The third kappa shape index (κ3) is 2.91. The average molecular weight is 294 g/mol. The summed E-state index contributed by atoms with van der Waals surface area (Å²) in [5, 5.41) is 0. The van der Waals surface area contributed by atoms with E-state index in [9.17, 15) is 12.8 Å². The van der Waals surface area contributed by atoms with Crippen LogP contribution >= 0.6 is 0 Å². The molecule has 0 saturated carbocycles. The zero-order valence-corrected chi connectivity index (χ0v) is 11.7. The van der Waals surface area contributed by atoms with Crippen LogP contribution < -0.4 is 10.5 Å². The maximum atomic E-state index is 13.7. The van der Waals surface area contributed by atoms with Crippen molar-refractivity contribution in [2.45, 2.75) is 18.2 Å². The van der Waals surface area contributed by atoms with Crippen molar-refractivity contribution in [1.82, 2.24) is 0 Å². The molecule has 0 aromatic heterocycles. The fraction of sp³-hybridized carbons (Fsp3) is 0.143. The van der Waals surface area contributed by atoms with E-state index < -0.39 is 20.7 Å². The maximum Gasteiger partial charge on any atom is 0.266 e. The largest absolute Gasteiger partial charge is 0.398 e. The molecular formula is C14H15FN2O2S. The van der Waals surface area contributed by atoms with Gasteiger partial charge < -0.3 is 5.73 Å². The van der Waals surface area contributed by atoms with Crippen molar-refractivity contribution in [2.75, 3.05) is 10.5 Å². The van der Waals surface area contributed by atoms with E-state index in [4.69, 9.17) is 5.73 Å². The lowest BCUT2D eigenvalue weighted by atomic mass is 10.1. The molecule has 0 heterocycles. The van der Waals surface area contributed by atoms with Crippen molar-refractivity contribution >= 4 is 21.4 Å². The number of hydrogen-bond acceptors (Lipinski definition) is 3. The Morgan fingerprint density at radius 2 is 1.90 bits per heavy atom. The average Bonchev–Trinajstić information content (AvgIpc) is 2.37. The number of hydrogen-bond donors (Lipinski definition) is 2. The summed E-state index contributed by atoms with van der Waals surface area (Å²) in [4.78, 5) is -0.526. The summed E-state index contributed by atoms with van der Waals surface area (Å²) in [6.45, 7) is 1.96. The van der Waals surface area contributed by atoms with Gasteiger partial charge in [0.15, 0.2) is 0 Å². The summed E-state index contributed by atoms with van der Waals surface area (Å²) < 4.78 is 40.5. The number of nitrogens with one attached hydrogen (secondary N) is 1. The van der Waals surface area contributed by atoms with Crippen LogP contribution in [0.15, 0.2) is 47.4 Å². The van der Waals surface area contributed by atoms with Gasteiger partial charge in [0.05, 0.1) is 5.69 Å². The lowest BCUT2D eigenvalue weighted by molar-refractivity contribution is 0.572. The predicted molar refractivity (Wildman–Crippen MR) is 77.4 cm³/mol. The van der Waals surface area contributed by atoms with Crippen LogP contribution in [0.4, 0.5) is 15.8 Å². The number of nitrogens with two attached hydrogens (primary N) is 1. The third-order valence-corrected chi connectivity index (χ3v) is 4.33. The van der Waals surface area contributed by atoms with Crippen LogP contribution in [0.3, 0.4) is 0 Å². The van der Waals surface area contributed by atoms with Gasteiger partial charge in [0.2, 0.25) is 0 Å². The SMILES string of the molecule is CCc1cccc(NS(=O)(=O)c2c(N)cccc2F)c1. The highest BCUT2D eigenvalue weighted by Crippen LogP contribution is 2.24. The second-order valence-electron chi connectivity index (χ2n) is 4.32. The lowest BCUT2D eigenvalue weighted by Crippen LogP contribution is -2.16. The first kappa shape index (κ1) is 14.3. The molecule has 0 unspecified atom stereocenters. The van der Waals surface area contributed by atoms with Crippen molar-refractivity contribution < 1.29 is 12.8 Å². The standard InChI is InChI=1S/C14H15FN2O2S/c1-2-10-5-3-6-11(9-10)17-20(18,19)14-12(15)7-4-8-13(14)16/h3-9,17H,2,16H2,1H3. The molecule has 0 fully saturated rings. The van der Waals surface area contributed by atoms with Crippen LogP contribution in [0.2, 0.25) is 0 Å². The molecule has 3 N–H and O–H groups in total. The van der Waals surface area contributed by atoms with Gasteiger partial charge in [0.25, 0.3) is 10.0 Å². The number of aryl methyl sites for hydroxylation is 1. The first-order valence-corrected chi connectivity index (χ1v) is 7.58. The van der Waals surface area contributed by atoms with Crippen LogP contribution in [-0.2, 0) is 16.4 Å². The molecule has 0 aliphatic carbocycles. The van der Waals surface area contributed by atoms with Crippen molar-refractivity contribution in [1.29, 1.82) is 0 Å². The van der Waals surface area contributed by atoms with Crippen LogP contribution in [0.25, 0.3) is 0 Å². The van der Waals surface area contributed by atoms with E-state index in [1.165, 1.54) is 12.1 Å². The van der Waals surface area contributed by atoms with Gasteiger partial charge in [-0.3, -0.25) is 4.72 Å². The van der Waals surface area contributed by atoms with Gasteiger partial charge in [-0.15, -0.1) is 0 Å². The van der Waals surface area contributed by atoms with Gasteiger partial charge in [-0.2, -0.15) is 0 Å². The van der Waals surface area contributed by atoms with E-state index in [-0.39, 0.29) is 5.69 Å². The normalized spacial score (nSPS) is 11.3. The van der Waals surface area contributed by atoms with Crippen molar-refractivity contribution in [3.8, 4) is 0 Å². The maximum absolute atomic E-state index is 13.7. The highest BCUT2D eigenvalue weighted by atomic mass is 32.2. The number of rotatable bonds is 4. The fourth-order valence-corrected chi connectivity index (χ4v) is 3.11. The molecule has 0 saturated heterocycles. The minimum absolute atomic E-state index is 0.121. The molecule has 0 radical (unpaired) electrons. The van der Waals surface area contributed by atoms with Crippen LogP contribution in [-0.4, -0.2) is 8.42 Å². The first-order chi connectivity index (χ1) is 9.44. The molecule has 2 aromatic rings. The van der Waals surface area contributed by atoms with E-state index in [0.717, 1.165) is 18.1 Å². The topological polar surface area (TPSA) is 72.2 Å². The highest BCUT2D eigenvalue weighted by molar-refractivity contribution is 7.92. The first-order valence-electron chi connectivity index (χ1n) is 6.10. The Morgan fingerprint density at radius 1 is 1.20 bits per heavy atom. The summed E-state index contributed by atoms with van der Waals surface area (Å²) in [5.41, 5.74) is 6.80. The van der Waals surface area contributed by atoms with Gasteiger partial charge in [-0.05, 0) is 36.2 Å². The third-order valence-electron chi connectivity index (χ3n) is 2.85. The van der Waals surface area contributed by atoms with E-state index in [2.05, 4.69) is 4.72 Å². The molecule has 0 amide bonds. The van der Waals surface area contributed by atoms with Gasteiger partial charge in [0, 0.05) is 5.69 Å². The Hall–Kier alpha value is -2.08. The molecule has 4 nitrogen and oxygen atoms in total. The molecule has 106 valence electrons. The molecule has 0 bridgehead atoms. The van der Waals surface area contributed by atoms with Crippen LogP contribution in [0.5, 0.6) is 0 Å². The van der Waals surface area contributed by atoms with E-state index in [1.54, 1.807) is 18.2 Å². The Bertz CT molecular complexity index is 709. The molecule has 20 heavy (non-hydrogen) atoms. The predicted octanol–water partition coefficient (Wildman–Crippen LogP) is 2.77. The number of benzene rings is 2. The van der Waals surface area contributed by atoms with Gasteiger partial charge >= 0.3 is 0 Å². The zero-order valence-electron chi connectivity index (χ0n) is 10.9. The number of anilines is 2. The van der Waals surface area contributed by atoms with Gasteiger partial charge in [0.1, 0.15) is 10.7 Å². The Balaban J connectivity index is 2.41. The van der Waals surface area contributed by atoms with Crippen molar-refractivity contribution in [3.05, 3.63) is 53.8 Å². The van der Waals surface area contributed by atoms with E-state index in [1.807, 2.05) is 13.0 Å². The van der Waals surface area contributed by atoms with E-state index in [0.29, 0.717) is 5.69 Å². The Kier molecular flexibility index (Phi) is 3.94. The summed E-state index contributed by atoms with van der Waals surface area (Å²) in [5.74, 6) is -0.871. The van der Waals surface area contributed by atoms with Crippen LogP contribution in [0, 0.1) is 5.82 Å². The summed E-state index contributed by atoms with van der Waals surface area (Å²) in [6.07, 6.45) is 0.775. The molecule has 0 aliphatic rings. The second-order valence-corrected chi connectivity index (χ2v) is 5.94. The van der Waals surface area contributed by atoms with Crippen molar-refractivity contribution in [3.63, 3.8) is 0 Å². The zero-order chi connectivity index (χ0) is 14.8. The Labute approximate surface area is 117 Å². The molecule has 2 rings (SSSR count). The summed E-state index contributed by atoms with van der Waals surface area (Å²) in [6, 6.07) is 10.7. The van der Waals surface area contributed by atoms with Crippen molar-refractivity contribution in [2.24, 2.45) is 0 Å². The minimum atomic E-state index is -4.05. The van der Waals surface area contributed by atoms with Crippen LogP contribution in [0.1, 0.15) is 12.5 Å². The quantitative estimate of drug-likeness (QED) is 0.852. The molecule has 0 spiro atoms. The van der Waals surface area contributed by atoms with Gasteiger partial charge in [-0.1, -0.05) is 25.1 Å². The molecule has 2 aromatic carbocycles. The number of halogens is 1. The molecule has 0 atom stereocenters. The smallest absolute Gasteiger partial charge is 0.266 e. The molecular weight excluding hydrogens is 279 g/mol. The summed E-state index contributed by atoms with van der Waals surface area (Å²) >= 11 is 0. The lowest BCUT2D eigenvalue weighted by Gasteiger charge is -2.11. The van der Waals surface area contributed by atoms with E-state index >= 15 is 0 Å². The molecule has 0 aliphatic heterocycles. The Morgan fingerprint density at radius 3 is 2.55 bits per heavy atom.